The smallest absolute Gasteiger partial charge is 0.312 e. The molecule has 1 fully saturated rings. The van der Waals surface area contributed by atoms with Crippen molar-refractivity contribution in [2.24, 2.45) is 5.92 Å². The Morgan fingerprint density at radius 2 is 2.14 bits per heavy atom. The van der Waals surface area contributed by atoms with E-state index in [1.807, 2.05) is 0 Å². The number of anilines is 2. The molecular formula is C19H21N3O6. The summed E-state index contributed by atoms with van der Waals surface area (Å²) in [7, 11) is 1.54. The maximum Gasteiger partial charge on any atom is 0.312 e. The van der Waals surface area contributed by atoms with E-state index in [0.29, 0.717) is 17.1 Å². The lowest BCUT2D eigenvalue weighted by molar-refractivity contribution is -0.157. The molecule has 1 N–H and O–H groups in total. The average Bonchev–Trinajstić information content (AvgIpc) is 3.27. The maximum atomic E-state index is 12.4. The molecule has 0 radical (unpaired) electrons. The Labute approximate surface area is 161 Å². The fraction of sp³-hybridized carbons (Fsp3) is 0.368. The summed E-state index contributed by atoms with van der Waals surface area (Å²) in [6.45, 7) is 3.35. The highest BCUT2D eigenvalue weighted by molar-refractivity contribution is 6.00. The van der Waals surface area contributed by atoms with E-state index in [2.05, 4.69) is 10.5 Å². The molecule has 2 heterocycles. The van der Waals surface area contributed by atoms with Gasteiger partial charge in [-0.15, -0.1) is 0 Å². The van der Waals surface area contributed by atoms with Crippen molar-refractivity contribution in [1.29, 1.82) is 0 Å². The molecule has 0 bridgehead atoms. The molecule has 0 saturated carbocycles. The van der Waals surface area contributed by atoms with E-state index in [0.717, 1.165) is 0 Å². The predicted molar refractivity (Wildman–Crippen MR) is 98.9 cm³/mol. The summed E-state index contributed by atoms with van der Waals surface area (Å²) in [5, 5.41) is 6.14. The molecule has 0 aliphatic carbocycles. The standard InChI is InChI=1S/C19H21N3O6/c1-11-7-16(28-21-11)20-18(24)12(2)27-19(25)13-8-17(23)22(10-13)14-5-4-6-15(9-14)26-3/h4-7,9,12-13H,8,10H2,1-3H3,(H,20,24). The highest BCUT2D eigenvalue weighted by Crippen LogP contribution is 2.28. The van der Waals surface area contributed by atoms with Crippen LogP contribution in [0.4, 0.5) is 11.6 Å². The number of aromatic nitrogens is 1. The fourth-order valence-corrected chi connectivity index (χ4v) is 2.86. The van der Waals surface area contributed by atoms with Gasteiger partial charge in [-0.25, -0.2) is 0 Å². The summed E-state index contributed by atoms with van der Waals surface area (Å²) in [5.74, 6) is -1.20. The van der Waals surface area contributed by atoms with Gasteiger partial charge in [-0.2, -0.15) is 0 Å². The Morgan fingerprint density at radius 3 is 2.82 bits per heavy atom. The lowest BCUT2D eigenvalue weighted by Crippen LogP contribution is -2.33. The number of carbonyl (C=O) groups excluding carboxylic acids is 3. The number of aryl methyl sites for hydroxylation is 1. The first-order chi connectivity index (χ1) is 13.4. The lowest BCUT2D eigenvalue weighted by atomic mass is 10.1. The molecule has 1 aromatic carbocycles. The van der Waals surface area contributed by atoms with Crippen molar-refractivity contribution in [1.82, 2.24) is 5.16 Å². The first-order valence-corrected chi connectivity index (χ1v) is 8.76. The summed E-state index contributed by atoms with van der Waals surface area (Å²) in [6.07, 6.45) is -1.02. The van der Waals surface area contributed by atoms with Crippen molar-refractivity contribution in [3.05, 3.63) is 36.0 Å². The van der Waals surface area contributed by atoms with E-state index in [-0.39, 0.29) is 24.8 Å². The van der Waals surface area contributed by atoms with Gasteiger partial charge in [0.2, 0.25) is 11.8 Å². The molecule has 3 rings (SSSR count). The molecule has 2 unspecified atom stereocenters. The number of hydrogen-bond acceptors (Lipinski definition) is 7. The number of ether oxygens (including phenoxy) is 2. The molecule has 1 saturated heterocycles. The monoisotopic (exact) mass is 387 g/mol. The molecular weight excluding hydrogens is 366 g/mol. The summed E-state index contributed by atoms with van der Waals surface area (Å²) >= 11 is 0. The zero-order valence-corrected chi connectivity index (χ0v) is 15.8. The average molecular weight is 387 g/mol. The van der Waals surface area contributed by atoms with Crippen LogP contribution in [0.2, 0.25) is 0 Å². The van der Waals surface area contributed by atoms with Gasteiger partial charge in [0.25, 0.3) is 5.91 Å². The SMILES string of the molecule is COc1cccc(N2CC(C(=O)OC(C)C(=O)Nc3cc(C)no3)CC2=O)c1. The van der Waals surface area contributed by atoms with Gasteiger partial charge in [0.1, 0.15) is 5.75 Å². The summed E-state index contributed by atoms with van der Waals surface area (Å²) < 4.78 is 15.3. The van der Waals surface area contributed by atoms with Crippen LogP contribution in [0.3, 0.4) is 0 Å². The summed E-state index contributed by atoms with van der Waals surface area (Å²) in [6, 6.07) is 8.58. The van der Waals surface area contributed by atoms with Gasteiger partial charge in [0, 0.05) is 30.8 Å². The minimum atomic E-state index is -1.04. The summed E-state index contributed by atoms with van der Waals surface area (Å²) in [4.78, 5) is 38.4. The van der Waals surface area contributed by atoms with Crippen molar-refractivity contribution in [2.45, 2.75) is 26.4 Å². The fourth-order valence-electron chi connectivity index (χ4n) is 2.86. The Balaban J connectivity index is 1.58. The number of carbonyl (C=O) groups is 3. The zero-order chi connectivity index (χ0) is 20.3. The number of nitrogens with one attached hydrogen (secondary N) is 1. The number of benzene rings is 1. The molecule has 1 aliphatic rings. The van der Waals surface area contributed by atoms with E-state index >= 15 is 0 Å². The topological polar surface area (TPSA) is 111 Å². The molecule has 2 atom stereocenters. The molecule has 9 heteroatoms. The third-order valence-corrected chi connectivity index (χ3v) is 4.36. The summed E-state index contributed by atoms with van der Waals surface area (Å²) in [5.41, 5.74) is 1.26. The molecule has 0 spiro atoms. The van der Waals surface area contributed by atoms with Gasteiger partial charge >= 0.3 is 5.97 Å². The van der Waals surface area contributed by atoms with Crippen LogP contribution in [0.25, 0.3) is 0 Å². The first-order valence-electron chi connectivity index (χ1n) is 8.76. The lowest BCUT2D eigenvalue weighted by Gasteiger charge is -2.18. The third kappa shape index (κ3) is 4.30. The molecule has 2 amide bonds. The number of rotatable bonds is 6. The van der Waals surface area contributed by atoms with E-state index < -0.39 is 23.9 Å². The van der Waals surface area contributed by atoms with Gasteiger partial charge in [0.05, 0.1) is 18.7 Å². The van der Waals surface area contributed by atoms with Crippen LogP contribution in [-0.2, 0) is 19.1 Å². The third-order valence-electron chi connectivity index (χ3n) is 4.36. The minimum Gasteiger partial charge on any atom is -0.497 e. The Hall–Kier alpha value is -3.36. The highest BCUT2D eigenvalue weighted by Gasteiger charge is 2.37. The van der Waals surface area contributed by atoms with Gasteiger partial charge in [0.15, 0.2) is 6.10 Å². The second-order valence-electron chi connectivity index (χ2n) is 6.51. The van der Waals surface area contributed by atoms with E-state index in [4.69, 9.17) is 14.0 Å². The van der Waals surface area contributed by atoms with Crippen molar-refractivity contribution in [3.8, 4) is 5.75 Å². The van der Waals surface area contributed by atoms with Gasteiger partial charge in [-0.1, -0.05) is 11.2 Å². The van der Waals surface area contributed by atoms with E-state index in [1.165, 1.54) is 18.9 Å². The quantitative estimate of drug-likeness (QED) is 0.754. The largest absolute Gasteiger partial charge is 0.497 e. The van der Waals surface area contributed by atoms with Crippen LogP contribution in [-0.4, -0.2) is 42.7 Å². The molecule has 28 heavy (non-hydrogen) atoms. The van der Waals surface area contributed by atoms with Crippen molar-refractivity contribution >= 4 is 29.4 Å². The number of nitrogens with zero attached hydrogens (tertiary/aromatic N) is 2. The van der Waals surface area contributed by atoms with Crippen LogP contribution >= 0.6 is 0 Å². The first kappa shape index (κ1) is 19.4. The minimum absolute atomic E-state index is 0.0195. The second kappa shape index (κ2) is 8.12. The second-order valence-corrected chi connectivity index (χ2v) is 6.51. The molecule has 9 nitrogen and oxygen atoms in total. The molecule has 148 valence electrons. The van der Waals surface area contributed by atoms with Gasteiger partial charge in [-0.05, 0) is 26.0 Å². The molecule has 1 aliphatic heterocycles. The normalized spacial score (nSPS) is 17.3. The van der Waals surface area contributed by atoms with Crippen LogP contribution in [0, 0.1) is 12.8 Å². The number of amides is 2. The van der Waals surface area contributed by atoms with Gasteiger partial charge in [-0.3, -0.25) is 19.7 Å². The zero-order valence-electron chi connectivity index (χ0n) is 15.8. The van der Waals surface area contributed by atoms with Crippen LogP contribution < -0.4 is 15.0 Å². The number of methoxy groups -OCH3 is 1. The van der Waals surface area contributed by atoms with Crippen LogP contribution in [0.15, 0.2) is 34.9 Å². The van der Waals surface area contributed by atoms with Crippen molar-refractivity contribution in [3.63, 3.8) is 0 Å². The van der Waals surface area contributed by atoms with E-state index in [1.54, 1.807) is 37.3 Å². The molecule has 2 aromatic rings. The van der Waals surface area contributed by atoms with Gasteiger partial charge < -0.3 is 18.9 Å². The maximum absolute atomic E-state index is 12.4. The van der Waals surface area contributed by atoms with Crippen LogP contribution in [0.1, 0.15) is 19.0 Å². The Morgan fingerprint density at radius 1 is 1.36 bits per heavy atom. The molecule has 1 aromatic heterocycles. The van der Waals surface area contributed by atoms with Crippen molar-refractivity contribution < 1.29 is 28.4 Å². The predicted octanol–water partition coefficient (Wildman–Crippen LogP) is 1.91. The van der Waals surface area contributed by atoms with Crippen molar-refractivity contribution in [2.75, 3.05) is 23.9 Å². The number of esters is 1. The highest BCUT2D eigenvalue weighted by atomic mass is 16.5. The van der Waals surface area contributed by atoms with E-state index in [9.17, 15) is 14.4 Å². The Kier molecular flexibility index (Phi) is 5.62. The Bertz CT molecular complexity index is 893. The number of hydrogen-bond donors (Lipinski definition) is 1. The van der Waals surface area contributed by atoms with Crippen LogP contribution in [0.5, 0.6) is 5.75 Å².